The summed E-state index contributed by atoms with van der Waals surface area (Å²) < 4.78 is 2.27. The Hall–Kier alpha value is -1.42. The van der Waals surface area contributed by atoms with Gasteiger partial charge in [0.25, 0.3) is 0 Å². The maximum atomic E-state index is 5.91. The zero-order valence-corrected chi connectivity index (χ0v) is 10.4. The molecule has 3 nitrogen and oxygen atoms in total. The van der Waals surface area contributed by atoms with Crippen LogP contribution in [0.25, 0.3) is 0 Å². The van der Waals surface area contributed by atoms with Crippen molar-refractivity contribution in [2.24, 2.45) is 0 Å². The Morgan fingerprint density at radius 1 is 1.35 bits per heavy atom. The lowest BCUT2D eigenvalue weighted by Crippen LogP contribution is -1.89. The minimum Gasteiger partial charge on any atom is -0.398 e. The van der Waals surface area contributed by atoms with Crippen molar-refractivity contribution in [3.63, 3.8) is 0 Å². The highest BCUT2D eigenvalue weighted by atomic mass is 32.2. The molecule has 17 heavy (non-hydrogen) atoms. The number of thioether (sulfide) groups is 1. The van der Waals surface area contributed by atoms with Gasteiger partial charge in [-0.05, 0) is 18.6 Å². The van der Waals surface area contributed by atoms with Crippen molar-refractivity contribution in [1.82, 2.24) is 9.55 Å². The van der Waals surface area contributed by atoms with Crippen molar-refractivity contribution in [3.05, 3.63) is 42.0 Å². The number of nitrogens with zero attached hydrogens (tertiary/aromatic N) is 2. The van der Waals surface area contributed by atoms with Gasteiger partial charge in [-0.1, -0.05) is 12.1 Å². The Kier molecular flexibility index (Phi) is 2.81. The number of rotatable bonds is 3. The van der Waals surface area contributed by atoms with E-state index in [1.54, 1.807) is 11.8 Å². The average Bonchev–Trinajstić information content (AvgIpc) is 2.88. The van der Waals surface area contributed by atoms with Gasteiger partial charge in [0.1, 0.15) is 5.82 Å². The third-order valence-corrected chi connectivity index (χ3v) is 4.13. The number of aryl methyl sites for hydroxylation is 2. The summed E-state index contributed by atoms with van der Waals surface area (Å²) in [7, 11) is 0. The van der Waals surface area contributed by atoms with Crippen molar-refractivity contribution in [1.29, 1.82) is 0 Å². The highest BCUT2D eigenvalue weighted by Gasteiger charge is 2.13. The minimum absolute atomic E-state index is 0.851. The first-order valence-electron chi connectivity index (χ1n) is 5.85. The van der Waals surface area contributed by atoms with Crippen LogP contribution in [0.15, 0.2) is 35.4 Å². The summed E-state index contributed by atoms with van der Waals surface area (Å²) >= 11 is 1.76. The lowest BCUT2D eigenvalue weighted by molar-refractivity contribution is 0.748. The topological polar surface area (TPSA) is 43.8 Å². The van der Waals surface area contributed by atoms with Crippen LogP contribution >= 0.6 is 11.8 Å². The van der Waals surface area contributed by atoms with E-state index in [0.29, 0.717) is 0 Å². The largest absolute Gasteiger partial charge is 0.398 e. The molecule has 88 valence electrons. The molecule has 1 aromatic heterocycles. The van der Waals surface area contributed by atoms with Crippen LogP contribution in [0.5, 0.6) is 0 Å². The Labute approximate surface area is 105 Å². The molecule has 3 rings (SSSR count). The van der Waals surface area contributed by atoms with E-state index in [1.807, 2.05) is 18.2 Å². The smallest absolute Gasteiger partial charge is 0.109 e. The van der Waals surface area contributed by atoms with Crippen molar-refractivity contribution < 1.29 is 0 Å². The lowest BCUT2D eigenvalue weighted by atomic mass is 10.3. The van der Waals surface area contributed by atoms with Crippen LogP contribution < -0.4 is 5.73 Å². The maximum Gasteiger partial charge on any atom is 0.109 e. The summed E-state index contributed by atoms with van der Waals surface area (Å²) in [5, 5.41) is 0. The fourth-order valence-corrected chi connectivity index (χ4v) is 3.00. The predicted octanol–water partition coefficient (Wildman–Crippen LogP) is 2.70. The second kappa shape index (κ2) is 4.45. The quantitative estimate of drug-likeness (QED) is 0.668. The van der Waals surface area contributed by atoms with Gasteiger partial charge >= 0.3 is 0 Å². The highest BCUT2D eigenvalue weighted by molar-refractivity contribution is 7.98. The number of hydrogen-bond acceptors (Lipinski definition) is 3. The second-order valence-electron chi connectivity index (χ2n) is 4.27. The molecule has 0 aliphatic carbocycles. The molecular formula is C13H15N3S. The lowest BCUT2D eigenvalue weighted by Gasteiger charge is -2.02. The molecule has 2 heterocycles. The molecule has 0 radical (unpaired) electrons. The van der Waals surface area contributed by atoms with Crippen LogP contribution in [-0.4, -0.2) is 9.55 Å². The number of fused-ring (bicyclic) bond motifs is 1. The van der Waals surface area contributed by atoms with Crippen LogP contribution in [0.1, 0.15) is 17.9 Å². The van der Waals surface area contributed by atoms with Crippen molar-refractivity contribution in [2.45, 2.75) is 30.0 Å². The number of nitrogens with two attached hydrogens (primary N) is 1. The fraction of sp³-hybridized carbons (Fsp3) is 0.308. The first kappa shape index (κ1) is 10.7. The Balaban J connectivity index is 1.70. The highest BCUT2D eigenvalue weighted by Crippen LogP contribution is 2.28. The van der Waals surface area contributed by atoms with Gasteiger partial charge in [0.2, 0.25) is 0 Å². The molecular weight excluding hydrogens is 230 g/mol. The Bertz CT molecular complexity index is 512. The zero-order valence-electron chi connectivity index (χ0n) is 9.60. The molecule has 0 atom stereocenters. The van der Waals surface area contributed by atoms with E-state index in [-0.39, 0.29) is 0 Å². The molecule has 1 aromatic carbocycles. The van der Waals surface area contributed by atoms with Crippen LogP contribution in [0.4, 0.5) is 5.69 Å². The standard InChI is InChI=1S/C13H15N3S/c14-11-4-1-2-5-12(11)17-9-10-8-16-7-3-6-13(16)15-10/h1-2,4-5,8H,3,6-7,9,14H2. The number of aromatic nitrogens is 2. The third-order valence-electron chi connectivity index (χ3n) is 3.00. The van der Waals surface area contributed by atoms with Crippen LogP contribution in [0.2, 0.25) is 0 Å². The molecule has 2 N–H and O–H groups in total. The number of anilines is 1. The normalized spacial score (nSPS) is 13.9. The summed E-state index contributed by atoms with van der Waals surface area (Å²) in [5.74, 6) is 2.13. The summed E-state index contributed by atoms with van der Waals surface area (Å²) in [6.45, 7) is 1.13. The number of benzene rings is 1. The molecule has 1 aliphatic heterocycles. The zero-order chi connectivity index (χ0) is 11.7. The number of nitrogen functional groups attached to an aromatic ring is 1. The van der Waals surface area contributed by atoms with E-state index in [0.717, 1.165) is 35.0 Å². The first-order chi connectivity index (χ1) is 8.33. The summed E-state index contributed by atoms with van der Waals surface area (Å²) in [5.41, 5.74) is 7.92. The van der Waals surface area contributed by atoms with Gasteiger partial charge in [0.15, 0.2) is 0 Å². The van der Waals surface area contributed by atoms with Gasteiger partial charge < -0.3 is 10.3 Å². The molecule has 1 aliphatic rings. The molecule has 0 amide bonds. The van der Waals surface area contributed by atoms with E-state index < -0.39 is 0 Å². The monoisotopic (exact) mass is 245 g/mol. The average molecular weight is 245 g/mol. The summed E-state index contributed by atoms with van der Waals surface area (Å²) in [4.78, 5) is 5.78. The van der Waals surface area contributed by atoms with Gasteiger partial charge in [-0.15, -0.1) is 11.8 Å². The Morgan fingerprint density at radius 2 is 2.24 bits per heavy atom. The molecule has 0 bridgehead atoms. The van der Waals surface area contributed by atoms with Crippen molar-refractivity contribution in [2.75, 3.05) is 5.73 Å². The van der Waals surface area contributed by atoms with E-state index in [2.05, 4.69) is 21.8 Å². The maximum absolute atomic E-state index is 5.91. The van der Waals surface area contributed by atoms with Gasteiger partial charge in [0.05, 0.1) is 5.69 Å². The van der Waals surface area contributed by atoms with E-state index in [4.69, 9.17) is 5.73 Å². The molecule has 0 fully saturated rings. The molecule has 2 aromatic rings. The third kappa shape index (κ3) is 2.17. The van der Waals surface area contributed by atoms with Crippen LogP contribution in [0, 0.1) is 0 Å². The van der Waals surface area contributed by atoms with Crippen LogP contribution in [0.3, 0.4) is 0 Å². The van der Waals surface area contributed by atoms with E-state index >= 15 is 0 Å². The van der Waals surface area contributed by atoms with E-state index in [9.17, 15) is 0 Å². The van der Waals surface area contributed by atoms with Gasteiger partial charge in [-0.25, -0.2) is 4.98 Å². The molecule has 0 unspecified atom stereocenters. The molecule has 0 spiro atoms. The number of hydrogen-bond donors (Lipinski definition) is 1. The van der Waals surface area contributed by atoms with Crippen molar-refractivity contribution >= 4 is 17.4 Å². The predicted molar refractivity (Wildman–Crippen MR) is 71.0 cm³/mol. The SMILES string of the molecule is Nc1ccccc1SCc1cn2c(n1)CCC2. The molecule has 4 heteroatoms. The summed E-state index contributed by atoms with van der Waals surface area (Å²) in [6, 6.07) is 7.98. The van der Waals surface area contributed by atoms with Gasteiger partial charge in [-0.2, -0.15) is 0 Å². The number of imidazole rings is 1. The second-order valence-corrected chi connectivity index (χ2v) is 5.29. The fourth-order valence-electron chi connectivity index (χ4n) is 2.15. The van der Waals surface area contributed by atoms with Crippen LogP contribution in [-0.2, 0) is 18.7 Å². The van der Waals surface area contributed by atoms with Gasteiger partial charge in [-0.3, -0.25) is 0 Å². The van der Waals surface area contributed by atoms with Gasteiger partial charge in [0, 0.05) is 35.5 Å². The van der Waals surface area contributed by atoms with Crippen molar-refractivity contribution in [3.8, 4) is 0 Å². The molecule has 0 saturated carbocycles. The Morgan fingerprint density at radius 3 is 3.06 bits per heavy atom. The molecule has 0 saturated heterocycles. The first-order valence-corrected chi connectivity index (χ1v) is 6.84. The number of para-hydroxylation sites is 1. The summed E-state index contributed by atoms with van der Waals surface area (Å²) in [6.07, 6.45) is 4.54. The van der Waals surface area contributed by atoms with E-state index in [1.165, 1.54) is 12.2 Å². The minimum atomic E-state index is 0.851.